The molecule has 2 N–H and O–H groups in total. The maximum atomic E-state index is 11.4. The molecule has 0 unspecified atom stereocenters. The van der Waals surface area contributed by atoms with E-state index in [9.17, 15) is 4.79 Å². The zero-order valence-corrected chi connectivity index (χ0v) is 9.21. The van der Waals surface area contributed by atoms with Gasteiger partial charge < -0.3 is 5.32 Å². The van der Waals surface area contributed by atoms with E-state index in [1.807, 2.05) is 0 Å². The first-order chi connectivity index (χ1) is 7.13. The van der Waals surface area contributed by atoms with Gasteiger partial charge in [0.15, 0.2) is 0 Å². The first-order valence-electron chi connectivity index (χ1n) is 5.50. The molecular weight excluding hydrogens is 190 g/mol. The van der Waals surface area contributed by atoms with Gasteiger partial charge in [0, 0.05) is 12.1 Å². The van der Waals surface area contributed by atoms with E-state index < -0.39 is 0 Å². The van der Waals surface area contributed by atoms with E-state index in [0.717, 1.165) is 12.1 Å². The molecule has 0 atom stereocenters. The van der Waals surface area contributed by atoms with Crippen LogP contribution in [0.2, 0.25) is 0 Å². The summed E-state index contributed by atoms with van der Waals surface area (Å²) < 4.78 is 0. The molecule has 1 saturated carbocycles. The third-order valence-electron chi connectivity index (χ3n) is 2.33. The highest BCUT2D eigenvalue weighted by Crippen LogP contribution is 2.22. The molecule has 0 bridgehead atoms. The second-order valence-electron chi connectivity index (χ2n) is 4.60. The summed E-state index contributed by atoms with van der Waals surface area (Å²) in [6.45, 7) is 4.24. The maximum Gasteiger partial charge on any atom is 0.252 e. The van der Waals surface area contributed by atoms with E-state index in [1.54, 1.807) is 6.07 Å². The van der Waals surface area contributed by atoms with Crippen molar-refractivity contribution in [2.24, 2.45) is 5.92 Å². The van der Waals surface area contributed by atoms with Gasteiger partial charge in [-0.15, -0.1) is 0 Å². The van der Waals surface area contributed by atoms with E-state index in [2.05, 4.69) is 29.1 Å². The summed E-state index contributed by atoms with van der Waals surface area (Å²) in [5.74, 6) is 1.15. The normalized spacial score (nSPS) is 15.7. The summed E-state index contributed by atoms with van der Waals surface area (Å²) in [6, 6.07) is 2.10. The molecule has 0 radical (unpaired) electrons. The van der Waals surface area contributed by atoms with Gasteiger partial charge in [0.05, 0.1) is 5.69 Å². The zero-order chi connectivity index (χ0) is 10.8. The van der Waals surface area contributed by atoms with Crippen molar-refractivity contribution in [3.05, 3.63) is 22.1 Å². The van der Waals surface area contributed by atoms with E-state index in [0.29, 0.717) is 17.9 Å². The van der Waals surface area contributed by atoms with Gasteiger partial charge in [0.2, 0.25) is 5.95 Å². The Balaban J connectivity index is 2.15. The maximum absolute atomic E-state index is 11.4. The Bertz CT molecular complexity index is 368. The van der Waals surface area contributed by atoms with Gasteiger partial charge in [-0.3, -0.25) is 9.78 Å². The van der Waals surface area contributed by atoms with Gasteiger partial charge in [-0.2, -0.15) is 0 Å². The molecule has 1 aromatic heterocycles. The number of nitrogens with one attached hydrogen (secondary N) is 2. The van der Waals surface area contributed by atoms with Crippen LogP contribution in [0.15, 0.2) is 10.9 Å². The third-order valence-corrected chi connectivity index (χ3v) is 2.33. The highest BCUT2D eigenvalue weighted by Gasteiger charge is 2.21. The predicted molar refractivity (Wildman–Crippen MR) is 60.0 cm³/mol. The van der Waals surface area contributed by atoms with Gasteiger partial charge in [-0.1, -0.05) is 13.8 Å². The topological polar surface area (TPSA) is 57.8 Å². The minimum absolute atomic E-state index is 0.0659. The molecule has 1 aromatic rings. The van der Waals surface area contributed by atoms with Crippen LogP contribution in [0.3, 0.4) is 0 Å². The molecule has 4 heteroatoms. The molecule has 0 aliphatic heterocycles. The summed E-state index contributed by atoms with van der Waals surface area (Å²) in [6.07, 6.45) is 3.21. The van der Waals surface area contributed by atoms with Crippen molar-refractivity contribution in [2.75, 3.05) is 5.32 Å². The number of hydrogen-bond acceptors (Lipinski definition) is 3. The number of rotatable bonds is 4. The van der Waals surface area contributed by atoms with Crippen molar-refractivity contribution in [3.63, 3.8) is 0 Å². The van der Waals surface area contributed by atoms with Crippen molar-refractivity contribution in [1.82, 2.24) is 9.97 Å². The van der Waals surface area contributed by atoms with Gasteiger partial charge in [0.1, 0.15) is 0 Å². The van der Waals surface area contributed by atoms with Crippen LogP contribution in [0.5, 0.6) is 0 Å². The van der Waals surface area contributed by atoms with Crippen LogP contribution in [0, 0.1) is 5.92 Å². The van der Waals surface area contributed by atoms with Crippen molar-refractivity contribution in [3.8, 4) is 0 Å². The minimum Gasteiger partial charge on any atom is -0.353 e. The molecule has 2 rings (SSSR count). The molecule has 0 saturated heterocycles. The van der Waals surface area contributed by atoms with E-state index in [1.165, 1.54) is 12.8 Å². The number of aromatic amines is 1. The molecule has 82 valence electrons. The Kier molecular flexibility index (Phi) is 2.75. The lowest BCUT2D eigenvalue weighted by molar-refractivity contribution is 0.633. The Hall–Kier alpha value is -1.32. The first-order valence-corrected chi connectivity index (χ1v) is 5.50. The zero-order valence-electron chi connectivity index (χ0n) is 9.21. The van der Waals surface area contributed by atoms with E-state index in [4.69, 9.17) is 0 Å². The lowest BCUT2D eigenvalue weighted by atomic mass is 10.1. The lowest BCUT2D eigenvalue weighted by Crippen LogP contribution is -2.15. The highest BCUT2D eigenvalue weighted by atomic mass is 16.1. The quantitative estimate of drug-likeness (QED) is 0.787. The number of H-pyrrole nitrogens is 1. The van der Waals surface area contributed by atoms with Gasteiger partial charge in [-0.05, 0) is 25.2 Å². The molecule has 1 aliphatic carbocycles. The van der Waals surface area contributed by atoms with Crippen LogP contribution in [0.25, 0.3) is 0 Å². The van der Waals surface area contributed by atoms with Crippen LogP contribution in [0.4, 0.5) is 5.95 Å². The van der Waals surface area contributed by atoms with Crippen molar-refractivity contribution in [1.29, 1.82) is 0 Å². The second kappa shape index (κ2) is 4.04. The SMILES string of the molecule is CC(C)Cc1cc(=O)[nH]c(NC2CC2)n1. The van der Waals surface area contributed by atoms with Crippen LogP contribution >= 0.6 is 0 Å². The van der Waals surface area contributed by atoms with E-state index in [-0.39, 0.29) is 5.56 Å². The van der Waals surface area contributed by atoms with Crippen LogP contribution < -0.4 is 10.9 Å². The summed E-state index contributed by atoms with van der Waals surface area (Å²) in [4.78, 5) is 18.5. The standard InChI is InChI=1S/C11H17N3O/c1-7(2)5-9-6-10(15)14-11(13-9)12-8-3-4-8/h6-8H,3-5H2,1-2H3,(H2,12,13,14,15). The van der Waals surface area contributed by atoms with Crippen LogP contribution in [-0.4, -0.2) is 16.0 Å². The Labute approximate surface area is 89.1 Å². The van der Waals surface area contributed by atoms with Crippen molar-refractivity contribution < 1.29 is 0 Å². The van der Waals surface area contributed by atoms with E-state index >= 15 is 0 Å². The fourth-order valence-electron chi connectivity index (χ4n) is 1.52. The number of hydrogen-bond donors (Lipinski definition) is 2. The summed E-state index contributed by atoms with van der Waals surface area (Å²) in [5.41, 5.74) is 0.806. The average Bonchev–Trinajstić information content (AvgIpc) is 2.85. The molecule has 1 heterocycles. The van der Waals surface area contributed by atoms with Gasteiger partial charge in [-0.25, -0.2) is 4.98 Å². The monoisotopic (exact) mass is 207 g/mol. The molecule has 0 amide bonds. The number of aromatic nitrogens is 2. The van der Waals surface area contributed by atoms with Crippen molar-refractivity contribution >= 4 is 5.95 Å². The Morgan fingerprint density at radius 2 is 2.33 bits per heavy atom. The molecule has 1 aliphatic rings. The number of anilines is 1. The molecule has 1 fully saturated rings. The minimum atomic E-state index is -0.0659. The Morgan fingerprint density at radius 1 is 1.60 bits per heavy atom. The second-order valence-corrected chi connectivity index (χ2v) is 4.60. The Morgan fingerprint density at radius 3 is 2.93 bits per heavy atom. The summed E-state index contributed by atoms with van der Waals surface area (Å²) in [7, 11) is 0. The fourth-order valence-corrected chi connectivity index (χ4v) is 1.52. The summed E-state index contributed by atoms with van der Waals surface area (Å²) >= 11 is 0. The molecule has 0 spiro atoms. The van der Waals surface area contributed by atoms with Gasteiger partial charge in [0.25, 0.3) is 5.56 Å². The fraction of sp³-hybridized carbons (Fsp3) is 0.636. The first kappa shape index (κ1) is 10.2. The third kappa shape index (κ3) is 3.08. The largest absolute Gasteiger partial charge is 0.353 e. The summed E-state index contributed by atoms with van der Waals surface area (Å²) in [5, 5.41) is 3.20. The lowest BCUT2D eigenvalue weighted by Gasteiger charge is -2.07. The van der Waals surface area contributed by atoms with Crippen LogP contribution in [-0.2, 0) is 6.42 Å². The molecule has 15 heavy (non-hydrogen) atoms. The average molecular weight is 207 g/mol. The van der Waals surface area contributed by atoms with Crippen LogP contribution in [0.1, 0.15) is 32.4 Å². The molecule has 4 nitrogen and oxygen atoms in total. The predicted octanol–water partition coefficient (Wildman–Crippen LogP) is 1.54. The van der Waals surface area contributed by atoms with Crippen molar-refractivity contribution in [2.45, 2.75) is 39.2 Å². The number of nitrogens with zero attached hydrogens (tertiary/aromatic N) is 1. The smallest absolute Gasteiger partial charge is 0.252 e. The van der Waals surface area contributed by atoms with Gasteiger partial charge >= 0.3 is 0 Å². The molecular formula is C11H17N3O. The highest BCUT2D eigenvalue weighted by molar-refractivity contribution is 5.28. The molecule has 0 aromatic carbocycles.